The lowest BCUT2D eigenvalue weighted by Gasteiger charge is -2.45. The lowest BCUT2D eigenvalue weighted by molar-refractivity contribution is -0.460. The highest BCUT2D eigenvalue weighted by atomic mass is 19.4. The molecule has 0 atom stereocenters. The van der Waals surface area contributed by atoms with Crippen LogP contribution in [0.5, 0.6) is 0 Å². The predicted octanol–water partition coefficient (Wildman–Crippen LogP) is 5.87. The number of rotatable bonds is 5. The van der Waals surface area contributed by atoms with Gasteiger partial charge >= 0.3 is 36.3 Å². The molecule has 1 aromatic carbocycles. The highest BCUT2D eigenvalue weighted by Crippen LogP contribution is 2.66. The van der Waals surface area contributed by atoms with Gasteiger partial charge in [0.05, 0.1) is 5.56 Å². The Kier molecular flexibility index (Phi) is 5.93. The summed E-state index contributed by atoms with van der Waals surface area (Å²) in [6.07, 6.45) is -25.6. The molecule has 0 bridgehead atoms. The van der Waals surface area contributed by atoms with Gasteiger partial charge < -0.3 is 5.11 Å². The van der Waals surface area contributed by atoms with E-state index in [0.717, 1.165) is 6.07 Å². The minimum absolute atomic E-state index is 0.150. The first-order valence-corrected chi connectivity index (χ1v) is 6.92. The van der Waals surface area contributed by atoms with Gasteiger partial charge in [-0.15, -0.1) is 0 Å². The average molecular weight is 454 g/mol. The quantitative estimate of drug-likeness (QED) is 0.566. The third-order valence-electron chi connectivity index (χ3n) is 3.96. The van der Waals surface area contributed by atoms with Gasteiger partial charge in [-0.1, -0.05) is 18.2 Å². The Morgan fingerprint density at radius 2 is 1.10 bits per heavy atom. The van der Waals surface area contributed by atoms with E-state index in [4.69, 9.17) is 5.11 Å². The minimum Gasteiger partial charge on any atom is -0.478 e. The van der Waals surface area contributed by atoms with E-state index in [2.05, 4.69) is 0 Å². The van der Waals surface area contributed by atoms with Crippen molar-refractivity contribution < 1.29 is 67.0 Å². The highest BCUT2D eigenvalue weighted by Gasteiger charge is 2.91. The zero-order valence-electron chi connectivity index (χ0n) is 13.3. The van der Waals surface area contributed by atoms with Gasteiger partial charge in [0.1, 0.15) is 0 Å². The third-order valence-corrected chi connectivity index (χ3v) is 3.96. The fourth-order valence-electron chi connectivity index (χ4n) is 2.44. The summed E-state index contributed by atoms with van der Waals surface area (Å²) in [6, 6.07) is 1.84. The summed E-state index contributed by atoms with van der Waals surface area (Å²) in [5.74, 6) is -17.8. The Balaban J connectivity index is 4.00. The van der Waals surface area contributed by atoms with Gasteiger partial charge in [-0.2, -0.15) is 57.1 Å². The summed E-state index contributed by atoms with van der Waals surface area (Å²) >= 11 is 0. The predicted molar refractivity (Wildman–Crippen MR) is 67.6 cm³/mol. The second-order valence-corrected chi connectivity index (χ2v) is 5.69. The van der Waals surface area contributed by atoms with Crippen molar-refractivity contribution in [3.63, 3.8) is 0 Å². The summed E-state index contributed by atoms with van der Waals surface area (Å²) < 4.78 is 171. The molecule has 0 fully saturated rings. The molecule has 1 N–H and O–H groups in total. The first-order valence-electron chi connectivity index (χ1n) is 6.92. The second-order valence-electron chi connectivity index (χ2n) is 5.69. The largest absolute Gasteiger partial charge is 0.478 e. The molecule has 0 heterocycles. The third kappa shape index (κ3) is 3.70. The van der Waals surface area contributed by atoms with Crippen molar-refractivity contribution in [3.05, 3.63) is 35.4 Å². The minimum atomic E-state index is -7.81. The van der Waals surface area contributed by atoms with E-state index in [9.17, 15) is 61.9 Å². The van der Waals surface area contributed by atoms with Crippen LogP contribution in [0.4, 0.5) is 57.1 Å². The summed E-state index contributed by atoms with van der Waals surface area (Å²) in [5, 5.41) is 8.78. The molecule has 0 aliphatic carbocycles. The first-order chi connectivity index (χ1) is 12.6. The molecule has 0 spiro atoms. The average Bonchev–Trinajstić information content (AvgIpc) is 2.48. The molecule has 166 valence electrons. The molecule has 1 aromatic rings. The van der Waals surface area contributed by atoms with E-state index in [1.807, 2.05) is 0 Å². The van der Waals surface area contributed by atoms with E-state index < -0.39 is 59.3 Å². The summed E-state index contributed by atoms with van der Waals surface area (Å²) in [5.41, 5.74) is -10.1. The Morgan fingerprint density at radius 3 is 1.45 bits per heavy atom. The van der Waals surface area contributed by atoms with Crippen molar-refractivity contribution >= 4 is 5.97 Å². The van der Waals surface area contributed by atoms with Gasteiger partial charge in [0, 0.05) is 6.42 Å². The van der Waals surface area contributed by atoms with Crippen LogP contribution in [0, 0.1) is 5.41 Å². The maximum Gasteiger partial charge on any atom is 0.459 e. The van der Waals surface area contributed by atoms with Crippen LogP contribution >= 0.6 is 0 Å². The standard InChI is InChI=1S/C14H7F13O2/c15-10(16,11(17,18)14(25,26)27)9(12(19,20)21,13(22,23)24)5-6-3-1-2-4-7(6)8(28)29/h1-4H,5H2,(H,28,29). The SMILES string of the molecule is O=C(O)c1ccccc1CC(C(F)(F)F)(C(F)(F)F)C(F)(F)C(F)(F)C(F)(F)F. The van der Waals surface area contributed by atoms with Gasteiger partial charge in [0.2, 0.25) is 5.41 Å². The topological polar surface area (TPSA) is 37.3 Å². The molecule has 1 rings (SSSR count). The first kappa shape index (κ1) is 24.8. The van der Waals surface area contributed by atoms with Crippen LogP contribution in [0.25, 0.3) is 0 Å². The summed E-state index contributed by atoms with van der Waals surface area (Å²) in [4.78, 5) is 10.9. The van der Waals surface area contributed by atoms with E-state index in [1.54, 1.807) is 0 Å². The van der Waals surface area contributed by atoms with Crippen molar-refractivity contribution in [1.82, 2.24) is 0 Å². The van der Waals surface area contributed by atoms with Crippen LogP contribution in [0.2, 0.25) is 0 Å². The number of aromatic carboxylic acids is 1. The Morgan fingerprint density at radius 1 is 0.690 bits per heavy atom. The van der Waals surface area contributed by atoms with Crippen LogP contribution in [-0.4, -0.2) is 41.4 Å². The van der Waals surface area contributed by atoms with E-state index in [0.29, 0.717) is 12.1 Å². The Hall–Kier alpha value is -2.22. The zero-order valence-corrected chi connectivity index (χ0v) is 13.3. The molecular formula is C14H7F13O2. The van der Waals surface area contributed by atoms with E-state index in [1.165, 1.54) is 0 Å². The van der Waals surface area contributed by atoms with Crippen LogP contribution in [0.1, 0.15) is 15.9 Å². The number of carboxylic acid groups (broad SMARTS) is 1. The van der Waals surface area contributed by atoms with Crippen molar-refractivity contribution in [3.8, 4) is 0 Å². The van der Waals surface area contributed by atoms with Gasteiger partial charge in [0.15, 0.2) is 0 Å². The van der Waals surface area contributed by atoms with E-state index >= 15 is 0 Å². The molecule has 2 nitrogen and oxygen atoms in total. The Labute approximate surface area is 151 Å². The van der Waals surface area contributed by atoms with Gasteiger partial charge in [-0.25, -0.2) is 4.79 Å². The molecule has 0 aromatic heterocycles. The fourth-order valence-corrected chi connectivity index (χ4v) is 2.44. The monoisotopic (exact) mass is 454 g/mol. The number of hydrogen-bond donors (Lipinski definition) is 1. The van der Waals surface area contributed by atoms with E-state index in [-0.39, 0.29) is 6.07 Å². The van der Waals surface area contributed by atoms with Crippen molar-refractivity contribution in [2.45, 2.75) is 36.8 Å². The van der Waals surface area contributed by atoms with Crippen LogP contribution in [0.3, 0.4) is 0 Å². The van der Waals surface area contributed by atoms with Crippen LogP contribution < -0.4 is 0 Å². The number of hydrogen-bond acceptors (Lipinski definition) is 1. The molecule has 0 saturated carbocycles. The van der Waals surface area contributed by atoms with Crippen molar-refractivity contribution in [1.29, 1.82) is 0 Å². The number of carboxylic acids is 1. The summed E-state index contributed by atoms with van der Waals surface area (Å²) in [7, 11) is 0. The maximum absolute atomic E-state index is 14.0. The van der Waals surface area contributed by atoms with Gasteiger partial charge in [0.25, 0.3) is 0 Å². The number of carbonyl (C=O) groups is 1. The highest BCUT2D eigenvalue weighted by molar-refractivity contribution is 5.89. The molecule has 29 heavy (non-hydrogen) atoms. The fraction of sp³-hybridized carbons (Fsp3) is 0.500. The molecular weight excluding hydrogens is 447 g/mol. The van der Waals surface area contributed by atoms with Gasteiger partial charge in [-0.3, -0.25) is 0 Å². The zero-order chi connectivity index (χ0) is 23.3. The number of halogens is 13. The molecule has 15 heteroatoms. The Bertz CT molecular complexity index is 744. The molecule has 0 amide bonds. The molecule has 0 aliphatic heterocycles. The smallest absolute Gasteiger partial charge is 0.459 e. The number of benzene rings is 1. The van der Waals surface area contributed by atoms with Crippen molar-refractivity contribution in [2.75, 3.05) is 0 Å². The summed E-state index contributed by atoms with van der Waals surface area (Å²) in [6.45, 7) is 0. The van der Waals surface area contributed by atoms with Crippen LogP contribution in [0.15, 0.2) is 24.3 Å². The molecule has 0 radical (unpaired) electrons. The maximum atomic E-state index is 14.0. The van der Waals surface area contributed by atoms with Gasteiger partial charge in [-0.05, 0) is 11.6 Å². The second kappa shape index (κ2) is 6.93. The molecule has 0 unspecified atom stereocenters. The van der Waals surface area contributed by atoms with Crippen molar-refractivity contribution in [2.24, 2.45) is 5.41 Å². The lowest BCUT2D eigenvalue weighted by atomic mass is 9.71. The number of alkyl halides is 13. The lowest BCUT2D eigenvalue weighted by Crippen LogP contribution is -2.71. The molecule has 0 aliphatic rings. The normalized spacial score (nSPS) is 14.8. The van der Waals surface area contributed by atoms with Crippen LogP contribution in [-0.2, 0) is 6.42 Å². The molecule has 0 saturated heterocycles.